The van der Waals surface area contributed by atoms with Gasteiger partial charge in [0.25, 0.3) is 0 Å². The number of likely N-dealkylation sites (tertiary alicyclic amines) is 1. The van der Waals surface area contributed by atoms with Crippen molar-refractivity contribution in [1.82, 2.24) is 15.5 Å². The van der Waals surface area contributed by atoms with Crippen molar-refractivity contribution in [3.05, 3.63) is 0 Å². The molecule has 8 nitrogen and oxygen atoms in total. The Morgan fingerprint density at radius 3 is 2.55 bits per heavy atom. The number of hydrogen-bond acceptors (Lipinski definition) is 5. The Hall–Kier alpha value is -0.810. The number of rotatable bonds is 9. The Morgan fingerprint density at radius 1 is 1.19 bits per heavy atom. The Balaban J connectivity index is 0.00000480. The molecule has 2 heterocycles. The van der Waals surface area contributed by atoms with Gasteiger partial charge in [-0.3, -0.25) is 4.99 Å². The Morgan fingerprint density at radius 2 is 1.94 bits per heavy atom. The second-order valence-corrected chi connectivity index (χ2v) is 9.12. The van der Waals surface area contributed by atoms with Crippen LogP contribution in [0.2, 0.25) is 0 Å². The lowest BCUT2D eigenvalue weighted by Crippen LogP contribution is -2.42. The topological polar surface area (TPSA) is 84.4 Å². The fraction of sp³-hybridized carbons (Fsp3) is 0.909. The van der Waals surface area contributed by atoms with Crippen molar-refractivity contribution >= 4 is 36.0 Å². The van der Waals surface area contributed by atoms with Gasteiger partial charge in [0.1, 0.15) is 5.60 Å². The number of halogens is 1. The fourth-order valence-corrected chi connectivity index (χ4v) is 3.56. The number of piperidine rings is 1. The monoisotopic (exact) mass is 554 g/mol. The third-order valence-corrected chi connectivity index (χ3v) is 5.20. The average molecular weight is 555 g/mol. The summed E-state index contributed by atoms with van der Waals surface area (Å²) in [6, 6.07) is 0. The maximum Gasteiger partial charge on any atom is 0.410 e. The van der Waals surface area contributed by atoms with Crippen LogP contribution in [0.25, 0.3) is 0 Å². The number of nitrogens with zero attached hydrogens (tertiary/aromatic N) is 2. The van der Waals surface area contributed by atoms with E-state index in [-0.39, 0.29) is 30.1 Å². The zero-order valence-corrected chi connectivity index (χ0v) is 22.1. The van der Waals surface area contributed by atoms with E-state index in [1.807, 2.05) is 25.7 Å². The number of amides is 1. The second kappa shape index (κ2) is 15.1. The minimum absolute atomic E-state index is 0. The molecule has 0 aromatic heterocycles. The molecule has 182 valence electrons. The summed E-state index contributed by atoms with van der Waals surface area (Å²) >= 11 is 0. The summed E-state index contributed by atoms with van der Waals surface area (Å²) in [4.78, 5) is 18.7. The summed E-state index contributed by atoms with van der Waals surface area (Å²) in [5, 5.41) is 6.69. The molecular formula is C22H43IN4O4. The highest BCUT2D eigenvalue weighted by Gasteiger charge is 2.26. The zero-order chi connectivity index (χ0) is 21.8. The quantitative estimate of drug-likeness (QED) is 0.197. The average Bonchev–Trinajstić information content (AvgIpc) is 3.21. The second-order valence-electron chi connectivity index (χ2n) is 9.12. The maximum atomic E-state index is 12.2. The number of hydrogen-bond donors (Lipinski definition) is 2. The van der Waals surface area contributed by atoms with Crippen LogP contribution in [-0.2, 0) is 14.2 Å². The summed E-state index contributed by atoms with van der Waals surface area (Å²) in [6.07, 6.45) is 5.20. The minimum atomic E-state index is -0.445. The zero-order valence-electron chi connectivity index (χ0n) is 19.8. The van der Waals surface area contributed by atoms with Gasteiger partial charge in [-0.25, -0.2) is 4.79 Å². The van der Waals surface area contributed by atoms with Crippen molar-refractivity contribution in [3.63, 3.8) is 0 Å². The van der Waals surface area contributed by atoms with Gasteiger partial charge in [0.2, 0.25) is 0 Å². The van der Waals surface area contributed by atoms with Gasteiger partial charge in [-0.2, -0.15) is 0 Å². The van der Waals surface area contributed by atoms with Crippen LogP contribution < -0.4 is 10.6 Å². The van der Waals surface area contributed by atoms with Gasteiger partial charge in [0, 0.05) is 45.9 Å². The first-order chi connectivity index (χ1) is 14.4. The van der Waals surface area contributed by atoms with Crippen LogP contribution >= 0.6 is 24.0 Å². The lowest BCUT2D eigenvalue weighted by Gasteiger charge is -2.33. The molecule has 2 fully saturated rings. The van der Waals surface area contributed by atoms with Crippen molar-refractivity contribution in [3.8, 4) is 0 Å². The molecule has 31 heavy (non-hydrogen) atoms. The van der Waals surface area contributed by atoms with Crippen LogP contribution in [0.15, 0.2) is 4.99 Å². The van der Waals surface area contributed by atoms with E-state index in [1.54, 1.807) is 0 Å². The Bertz CT molecular complexity index is 528. The van der Waals surface area contributed by atoms with Gasteiger partial charge in [0.15, 0.2) is 5.96 Å². The number of carbonyl (C=O) groups is 1. The lowest BCUT2D eigenvalue weighted by molar-refractivity contribution is 0.0168. The van der Waals surface area contributed by atoms with E-state index < -0.39 is 5.60 Å². The van der Waals surface area contributed by atoms with Crippen LogP contribution in [0, 0.1) is 5.92 Å². The molecule has 0 bridgehead atoms. The normalized spacial score (nSPS) is 20.3. The van der Waals surface area contributed by atoms with Gasteiger partial charge >= 0.3 is 6.09 Å². The molecule has 2 aliphatic rings. The molecule has 0 saturated carbocycles. The van der Waals surface area contributed by atoms with E-state index >= 15 is 0 Å². The molecule has 0 spiro atoms. The first-order valence-corrected chi connectivity index (χ1v) is 11.6. The molecule has 0 radical (unpaired) electrons. The number of ether oxygens (including phenoxy) is 3. The minimum Gasteiger partial charge on any atom is -0.444 e. The first kappa shape index (κ1) is 28.2. The number of carbonyl (C=O) groups excluding carboxylic acids is 1. The van der Waals surface area contributed by atoms with E-state index in [9.17, 15) is 4.79 Å². The third-order valence-electron chi connectivity index (χ3n) is 5.20. The lowest BCUT2D eigenvalue weighted by atomic mass is 9.97. The molecule has 1 unspecified atom stereocenters. The van der Waals surface area contributed by atoms with E-state index in [2.05, 4.69) is 17.6 Å². The number of guanidine groups is 1. The van der Waals surface area contributed by atoms with Gasteiger partial charge in [-0.15, -0.1) is 24.0 Å². The smallest absolute Gasteiger partial charge is 0.410 e. The van der Waals surface area contributed by atoms with Crippen molar-refractivity contribution in [2.24, 2.45) is 10.9 Å². The number of aliphatic imine (C=N–C) groups is 1. The summed E-state index contributed by atoms with van der Waals surface area (Å²) in [6.45, 7) is 14.0. The molecule has 1 amide bonds. The van der Waals surface area contributed by atoms with Gasteiger partial charge < -0.3 is 29.7 Å². The van der Waals surface area contributed by atoms with Crippen LogP contribution in [0.3, 0.4) is 0 Å². The van der Waals surface area contributed by atoms with E-state index in [1.165, 1.54) is 0 Å². The van der Waals surface area contributed by atoms with E-state index in [0.717, 1.165) is 84.0 Å². The molecule has 2 saturated heterocycles. The van der Waals surface area contributed by atoms with Crippen molar-refractivity contribution in [2.75, 3.05) is 52.5 Å². The summed E-state index contributed by atoms with van der Waals surface area (Å²) in [5.74, 6) is 1.35. The van der Waals surface area contributed by atoms with Crippen molar-refractivity contribution < 1.29 is 19.0 Å². The molecule has 2 aliphatic heterocycles. The highest BCUT2D eigenvalue weighted by molar-refractivity contribution is 14.0. The molecule has 2 N–H and O–H groups in total. The van der Waals surface area contributed by atoms with Crippen LogP contribution in [0.4, 0.5) is 4.79 Å². The van der Waals surface area contributed by atoms with Crippen LogP contribution in [0.5, 0.6) is 0 Å². The van der Waals surface area contributed by atoms with E-state index in [0.29, 0.717) is 18.6 Å². The molecule has 0 aromatic rings. The van der Waals surface area contributed by atoms with E-state index in [4.69, 9.17) is 19.2 Å². The number of nitrogens with one attached hydrogen (secondary N) is 2. The third kappa shape index (κ3) is 12.1. The predicted octanol–water partition coefficient (Wildman–Crippen LogP) is 3.39. The fourth-order valence-electron chi connectivity index (χ4n) is 3.56. The van der Waals surface area contributed by atoms with Gasteiger partial charge in [-0.05, 0) is 65.7 Å². The highest BCUT2D eigenvalue weighted by atomic mass is 127. The molecular weight excluding hydrogens is 511 g/mol. The van der Waals surface area contributed by atoms with Crippen molar-refractivity contribution in [1.29, 1.82) is 0 Å². The molecule has 0 aliphatic carbocycles. The summed E-state index contributed by atoms with van der Waals surface area (Å²) < 4.78 is 16.7. The summed E-state index contributed by atoms with van der Waals surface area (Å²) in [5.41, 5.74) is -0.445. The largest absolute Gasteiger partial charge is 0.444 e. The van der Waals surface area contributed by atoms with Gasteiger partial charge in [0.05, 0.1) is 12.7 Å². The SMILES string of the molecule is CCNC(=NCC1CCN(C(=O)OC(C)(C)C)CC1)NCCCOCC1CCCO1.I. The Labute approximate surface area is 205 Å². The standard InChI is InChI=1S/C22H42N4O4.HI/c1-5-23-20(24-11-7-14-28-17-19-8-6-15-29-19)25-16-18-9-12-26(13-10-18)21(27)30-22(2,3)4;/h18-19H,5-17H2,1-4H3,(H2,23,24,25);1H. The Kier molecular flexibility index (Phi) is 13.8. The molecule has 2 rings (SSSR count). The highest BCUT2D eigenvalue weighted by Crippen LogP contribution is 2.20. The molecule has 0 aromatic carbocycles. The molecule has 9 heteroatoms. The maximum absolute atomic E-state index is 12.2. The van der Waals surface area contributed by atoms with Crippen LogP contribution in [-0.4, -0.2) is 81.2 Å². The van der Waals surface area contributed by atoms with Crippen LogP contribution in [0.1, 0.15) is 59.8 Å². The van der Waals surface area contributed by atoms with Gasteiger partial charge in [-0.1, -0.05) is 0 Å². The predicted molar refractivity (Wildman–Crippen MR) is 134 cm³/mol. The molecule has 1 atom stereocenters. The first-order valence-electron chi connectivity index (χ1n) is 11.6. The van der Waals surface area contributed by atoms with Crippen molar-refractivity contribution in [2.45, 2.75) is 71.5 Å². The summed E-state index contributed by atoms with van der Waals surface area (Å²) in [7, 11) is 0.